The number of thioether (sulfide) groups is 1. The van der Waals surface area contributed by atoms with E-state index in [1.165, 1.54) is 18.9 Å². The number of amidine groups is 1. The van der Waals surface area contributed by atoms with Crippen molar-refractivity contribution in [3.8, 4) is 5.75 Å². The predicted octanol–water partition coefficient (Wildman–Crippen LogP) is 2.20. The first-order valence-corrected chi connectivity index (χ1v) is 11.6. The van der Waals surface area contributed by atoms with Gasteiger partial charge < -0.3 is 14.7 Å². The van der Waals surface area contributed by atoms with E-state index in [-0.39, 0.29) is 42.1 Å². The number of anilines is 1. The highest BCUT2D eigenvalue weighted by Gasteiger charge is 2.50. The van der Waals surface area contributed by atoms with Gasteiger partial charge >= 0.3 is 5.97 Å². The Morgan fingerprint density at radius 1 is 1.36 bits per heavy atom. The number of aliphatic imine (C=N–C) groups is 1. The molecular formula is C17H19ClN2O6S2. The van der Waals surface area contributed by atoms with Crippen molar-refractivity contribution in [3.63, 3.8) is 0 Å². The summed E-state index contributed by atoms with van der Waals surface area (Å²) in [6.45, 7) is 0. The molecule has 3 rings (SSSR count). The molecule has 2 aliphatic rings. The number of amides is 1. The smallest absolute Gasteiger partial charge is 0.303 e. The van der Waals surface area contributed by atoms with Crippen LogP contribution in [0.2, 0.25) is 5.02 Å². The molecule has 1 N–H and O–H groups in total. The van der Waals surface area contributed by atoms with Gasteiger partial charge in [0.15, 0.2) is 15.0 Å². The second-order valence-electron chi connectivity index (χ2n) is 6.52. The number of sulfone groups is 1. The van der Waals surface area contributed by atoms with E-state index in [0.717, 1.165) is 0 Å². The average molecular weight is 447 g/mol. The molecule has 28 heavy (non-hydrogen) atoms. The van der Waals surface area contributed by atoms with Gasteiger partial charge in [0, 0.05) is 23.1 Å². The molecule has 2 saturated heterocycles. The molecule has 0 saturated carbocycles. The number of fused-ring (bicyclic) bond motifs is 1. The van der Waals surface area contributed by atoms with E-state index in [0.29, 0.717) is 21.6 Å². The van der Waals surface area contributed by atoms with E-state index in [9.17, 15) is 18.0 Å². The van der Waals surface area contributed by atoms with Crippen molar-refractivity contribution in [2.75, 3.05) is 23.5 Å². The monoisotopic (exact) mass is 446 g/mol. The highest BCUT2D eigenvalue weighted by molar-refractivity contribution is 8.16. The SMILES string of the molecule is COc1ccc(Cl)cc1N1C(=NC(=O)CCCC(=O)O)S[C@H]2CS(=O)(=O)C[C@@H]21. The number of aliphatic carboxylic acids is 1. The number of carboxylic acid groups (broad SMARTS) is 1. The minimum absolute atomic E-state index is 0.00448. The zero-order valence-corrected chi connectivity index (χ0v) is 17.4. The predicted molar refractivity (Wildman–Crippen MR) is 108 cm³/mol. The summed E-state index contributed by atoms with van der Waals surface area (Å²) >= 11 is 7.37. The lowest BCUT2D eigenvalue weighted by atomic mass is 10.2. The maximum absolute atomic E-state index is 12.2. The van der Waals surface area contributed by atoms with Crippen LogP contribution in [0.1, 0.15) is 19.3 Å². The molecule has 0 aliphatic carbocycles. The van der Waals surface area contributed by atoms with Crippen molar-refractivity contribution in [3.05, 3.63) is 23.2 Å². The zero-order valence-electron chi connectivity index (χ0n) is 15.0. The van der Waals surface area contributed by atoms with Crippen molar-refractivity contribution in [2.24, 2.45) is 4.99 Å². The molecule has 2 atom stereocenters. The quantitative estimate of drug-likeness (QED) is 0.707. The third-order valence-corrected chi connectivity index (χ3v) is 7.91. The molecule has 1 aromatic carbocycles. The highest BCUT2D eigenvalue weighted by Crippen LogP contribution is 2.44. The van der Waals surface area contributed by atoms with Crippen LogP contribution in [-0.4, -0.2) is 60.5 Å². The van der Waals surface area contributed by atoms with E-state index in [1.807, 2.05) is 0 Å². The number of rotatable bonds is 6. The fourth-order valence-electron chi connectivity index (χ4n) is 3.25. The van der Waals surface area contributed by atoms with Gasteiger partial charge in [0.2, 0.25) is 5.91 Å². The number of carbonyl (C=O) groups is 2. The Morgan fingerprint density at radius 2 is 2.11 bits per heavy atom. The van der Waals surface area contributed by atoms with Crippen LogP contribution in [0.4, 0.5) is 5.69 Å². The van der Waals surface area contributed by atoms with Crippen LogP contribution in [0.25, 0.3) is 0 Å². The number of carbonyl (C=O) groups excluding carboxylic acids is 1. The minimum atomic E-state index is -3.19. The van der Waals surface area contributed by atoms with Crippen molar-refractivity contribution >= 4 is 55.9 Å². The number of benzene rings is 1. The van der Waals surface area contributed by atoms with Gasteiger partial charge in [-0.2, -0.15) is 4.99 Å². The first kappa shape index (κ1) is 20.9. The van der Waals surface area contributed by atoms with E-state index >= 15 is 0 Å². The molecular weight excluding hydrogens is 428 g/mol. The van der Waals surface area contributed by atoms with Crippen LogP contribution in [0.15, 0.2) is 23.2 Å². The fourth-order valence-corrected chi connectivity index (χ4v) is 7.34. The standard InChI is InChI=1S/C17H19ClN2O6S2/c1-26-13-6-5-10(18)7-11(13)20-12-8-28(24,25)9-14(12)27-17(20)19-15(21)3-2-4-16(22)23/h5-7,12,14H,2-4,8-9H2,1H3,(H,22,23)/t12-,14-/m0/s1. The Hall–Kier alpha value is -1.78. The van der Waals surface area contributed by atoms with Crippen molar-refractivity contribution in [2.45, 2.75) is 30.6 Å². The summed E-state index contributed by atoms with van der Waals surface area (Å²) in [5, 5.41) is 9.27. The van der Waals surface area contributed by atoms with Gasteiger partial charge in [0.1, 0.15) is 5.75 Å². The highest BCUT2D eigenvalue weighted by atomic mass is 35.5. The third-order valence-electron chi connectivity index (χ3n) is 4.47. The maximum Gasteiger partial charge on any atom is 0.303 e. The van der Waals surface area contributed by atoms with Crippen LogP contribution in [0.3, 0.4) is 0 Å². The van der Waals surface area contributed by atoms with Gasteiger partial charge in [-0.3, -0.25) is 9.59 Å². The van der Waals surface area contributed by atoms with Crippen molar-refractivity contribution in [1.82, 2.24) is 0 Å². The third kappa shape index (κ3) is 4.61. The largest absolute Gasteiger partial charge is 0.495 e. The molecule has 2 aliphatic heterocycles. The van der Waals surface area contributed by atoms with E-state index in [1.54, 1.807) is 23.1 Å². The molecule has 0 aromatic heterocycles. The Labute approximate surface area is 171 Å². The summed E-state index contributed by atoms with van der Waals surface area (Å²) in [6, 6.07) is 4.60. The summed E-state index contributed by atoms with van der Waals surface area (Å²) in [4.78, 5) is 28.7. The maximum atomic E-state index is 12.2. The lowest BCUT2D eigenvalue weighted by Gasteiger charge is -2.26. The summed E-state index contributed by atoms with van der Waals surface area (Å²) in [7, 11) is -1.70. The molecule has 2 fully saturated rings. The molecule has 0 unspecified atom stereocenters. The van der Waals surface area contributed by atoms with Crippen molar-refractivity contribution in [1.29, 1.82) is 0 Å². The molecule has 11 heteroatoms. The Balaban J connectivity index is 1.94. The second kappa shape index (κ2) is 8.30. The molecule has 152 valence electrons. The second-order valence-corrected chi connectivity index (χ2v) is 10.3. The normalized spacial score (nSPS) is 24.4. The van der Waals surface area contributed by atoms with Crippen LogP contribution in [0.5, 0.6) is 5.75 Å². The molecule has 0 bridgehead atoms. The van der Waals surface area contributed by atoms with Gasteiger partial charge in [-0.15, -0.1) is 0 Å². The molecule has 1 aromatic rings. The van der Waals surface area contributed by atoms with Gasteiger partial charge in [-0.1, -0.05) is 23.4 Å². The molecule has 2 heterocycles. The molecule has 1 amide bonds. The van der Waals surface area contributed by atoms with Crippen molar-refractivity contribution < 1.29 is 27.9 Å². The summed E-state index contributed by atoms with van der Waals surface area (Å²) in [6.07, 6.45) is 0.0842. The first-order valence-electron chi connectivity index (χ1n) is 8.53. The molecule has 0 radical (unpaired) electrons. The van der Waals surface area contributed by atoms with Crippen LogP contribution in [-0.2, 0) is 19.4 Å². The number of hydrogen-bond donors (Lipinski definition) is 1. The Morgan fingerprint density at radius 3 is 2.79 bits per heavy atom. The van der Waals surface area contributed by atoms with Gasteiger partial charge in [-0.25, -0.2) is 8.42 Å². The summed E-state index contributed by atoms with van der Waals surface area (Å²) in [5.74, 6) is -0.972. The fraction of sp³-hybridized carbons (Fsp3) is 0.471. The number of hydrogen-bond acceptors (Lipinski definition) is 6. The van der Waals surface area contributed by atoms with E-state index in [2.05, 4.69) is 4.99 Å². The number of nitrogens with zero attached hydrogens (tertiary/aromatic N) is 2. The lowest BCUT2D eigenvalue weighted by Crippen LogP contribution is -2.38. The topological polar surface area (TPSA) is 113 Å². The van der Waals surface area contributed by atoms with E-state index in [4.69, 9.17) is 21.4 Å². The van der Waals surface area contributed by atoms with E-state index < -0.39 is 21.7 Å². The number of ether oxygens (including phenoxy) is 1. The Bertz CT molecular complexity index is 934. The van der Waals surface area contributed by atoms with Gasteiger partial charge in [-0.05, 0) is 24.6 Å². The number of carboxylic acids is 1. The average Bonchev–Trinajstić information content (AvgIpc) is 3.05. The van der Waals surface area contributed by atoms with Crippen LogP contribution >= 0.6 is 23.4 Å². The zero-order chi connectivity index (χ0) is 20.5. The molecule has 8 nitrogen and oxygen atoms in total. The summed E-state index contributed by atoms with van der Waals surface area (Å²) in [5.41, 5.74) is 0.546. The van der Waals surface area contributed by atoms with Crippen LogP contribution < -0.4 is 9.64 Å². The number of methoxy groups -OCH3 is 1. The lowest BCUT2D eigenvalue weighted by molar-refractivity contribution is -0.137. The minimum Gasteiger partial charge on any atom is -0.495 e. The molecule has 0 spiro atoms. The van der Waals surface area contributed by atoms with Gasteiger partial charge in [0.25, 0.3) is 0 Å². The Kier molecular flexibility index (Phi) is 6.21. The van der Waals surface area contributed by atoms with Crippen LogP contribution in [0, 0.1) is 0 Å². The summed E-state index contributed by atoms with van der Waals surface area (Å²) < 4.78 is 29.6. The van der Waals surface area contributed by atoms with Gasteiger partial charge in [0.05, 0.1) is 30.3 Å². The first-order chi connectivity index (χ1) is 13.2. The number of halogens is 1.